The topological polar surface area (TPSA) is 116 Å². The van der Waals surface area contributed by atoms with Crippen molar-refractivity contribution in [3.8, 4) is 16.9 Å². The van der Waals surface area contributed by atoms with Crippen molar-refractivity contribution >= 4 is 34.1 Å². The summed E-state index contributed by atoms with van der Waals surface area (Å²) < 4.78 is 6.71. The Labute approximate surface area is 187 Å². The monoisotopic (exact) mass is 446 g/mol. The highest BCUT2D eigenvalue weighted by Gasteiger charge is 2.20. The summed E-state index contributed by atoms with van der Waals surface area (Å²) in [4.78, 5) is 36.5. The molecule has 0 saturated heterocycles. The van der Waals surface area contributed by atoms with Crippen LogP contribution in [0.3, 0.4) is 0 Å². The van der Waals surface area contributed by atoms with Crippen molar-refractivity contribution < 1.29 is 19.1 Å². The number of hydrogen-bond acceptors (Lipinski definition) is 6. The van der Waals surface area contributed by atoms with E-state index >= 15 is 0 Å². The molecule has 0 aliphatic carbocycles. The summed E-state index contributed by atoms with van der Waals surface area (Å²) in [6, 6.07) is 21.7. The number of benzene rings is 2. The fourth-order valence-electron chi connectivity index (χ4n) is 3.01. The maximum atomic E-state index is 12.8. The molecule has 0 saturated carbocycles. The molecule has 2 aromatic carbocycles. The van der Waals surface area contributed by atoms with Crippen molar-refractivity contribution in [3.05, 3.63) is 89.4 Å². The molecule has 0 spiro atoms. The number of carbonyl (C=O) groups excluding carboxylic acids is 3. The predicted molar refractivity (Wildman–Crippen MR) is 121 cm³/mol. The normalized spacial score (nSPS) is 10.5. The van der Waals surface area contributed by atoms with Gasteiger partial charge < -0.3 is 15.8 Å². The lowest BCUT2D eigenvalue weighted by atomic mass is 10.1. The molecule has 0 aliphatic heterocycles. The number of primary amides is 1. The van der Waals surface area contributed by atoms with E-state index in [-0.39, 0.29) is 11.3 Å². The number of carbonyl (C=O) groups is 3. The Kier molecular flexibility index (Phi) is 6.09. The minimum atomic E-state index is -0.708. The van der Waals surface area contributed by atoms with Gasteiger partial charge in [-0.05, 0) is 29.6 Å². The number of hydrogen-bond donors (Lipinski definition) is 2. The molecule has 8 nitrogen and oxygen atoms in total. The maximum Gasteiger partial charge on any atom is 0.357 e. The molecule has 32 heavy (non-hydrogen) atoms. The van der Waals surface area contributed by atoms with Crippen LogP contribution in [0.4, 0.5) is 5.00 Å². The summed E-state index contributed by atoms with van der Waals surface area (Å²) in [5.74, 6) is -1.95. The first-order valence-corrected chi connectivity index (χ1v) is 10.5. The molecule has 0 fully saturated rings. The first-order valence-electron chi connectivity index (χ1n) is 9.58. The van der Waals surface area contributed by atoms with Crippen LogP contribution >= 0.6 is 11.3 Å². The van der Waals surface area contributed by atoms with E-state index in [1.807, 2.05) is 60.7 Å². The van der Waals surface area contributed by atoms with E-state index in [0.29, 0.717) is 16.4 Å². The highest BCUT2D eigenvalue weighted by Crippen LogP contribution is 2.23. The third-order valence-electron chi connectivity index (χ3n) is 4.51. The number of aromatic nitrogens is 2. The zero-order chi connectivity index (χ0) is 22.5. The number of nitrogens with one attached hydrogen (secondary N) is 1. The van der Waals surface area contributed by atoms with Gasteiger partial charge in [0.05, 0.1) is 16.9 Å². The number of rotatable bonds is 7. The van der Waals surface area contributed by atoms with Crippen molar-refractivity contribution in [3.63, 3.8) is 0 Å². The fourth-order valence-corrected chi connectivity index (χ4v) is 3.82. The largest absolute Gasteiger partial charge is 0.451 e. The van der Waals surface area contributed by atoms with Crippen LogP contribution in [0.1, 0.15) is 20.8 Å². The van der Waals surface area contributed by atoms with Crippen LogP contribution in [-0.4, -0.2) is 34.2 Å². The standard InChI is InChI=1S/C23H18N4O4S/c24-21(29)17-11-12-32-22(17)25-20(28)14-31-23(30)19-13-18(15-7-3-1-4-8-15)26-27(19)16-9-5-2-6-10-16/h1-13H,14H2,(H2,24,29)(H,25,28). The molecule has 9 heteroatoms. The second kappa shape index (κ2) is 9.27. The lowest BCUT2D eigenvalue weighted by Gasteiger charge is -2.08. The number of ether oxygens (including phenoxy) is 1. The summed E-state index contributed by atoms with van der Waals surface area (Å²) in [5.41, 5.74) is 7.76. The molecule has 0 radical (unpaired) electrons. The van der Waals surface area contributed by atoms with Gasteiger partial charge in [-0.1, -0.05) is 48.5 Å². The third-order valence-corrected chi connectivity index (χ3v) is 5.34. The Balaban J connectivity index is 1.53. The van der Waals surface area contributed by atoms with Gasteiger partial charge in [-0.2, -0.15) is 5.10 Å². The number of esters is 1. The average Bonchev–Trinajstić information content (AvgIpc) is 3.46. The van der Waals surface area contributed by atoms with Gasteiger partial charge in [0.2, 0.25) is 0 Å². The Morgan fingerprint density at radius 1 is 1.00 bits per heavy atom. The highest BCUT2D eigenvalue weighted by molar-refractivity contribution is 7.14. The van der Waals surface area contributed by atoms with Gasteiger partial charge in [-0.3, -0.25) is 9.59 Å². The number of para-hydroxylation sites is 1. The van der Waals surface area contributed by atoms with E-state index in [4.69, 9.17) is 10.5 Å². The molecule has 160 valence electrons. The molecule has 0 unspecified atom stereocenters. The van der Waals surface area contributed by atoms with Crippen molar-refractivity contribution in [1.82, 2.24) is 9.78 Å². The molecule has 2 aromatic heterocycles. The first kappa shape index (κ1) is 21.0. The maximum absolute atomic E-state index is 12.8. The van der Waals surface area contributed by atoms with Gasteiger partial charge in [0.25, 0.3) is 11.8 Å². The molecule has 0 aliphatic rings. The van der Waals surface area contributed by atoms with Crippen LogP contribution in [0.5, 0.6) is 0 Å². The van der Waals surface area contributed by atoms with E-state index in [1.165, 1.54) is 10.7 Å². The van der Waals surface area contributed by atoms with Gasteiger partial charge in [0, 0.05) is 5.56 Å². The van der Waals surface area contributed by atoms with Crippen LogP contribution in [0, 0.1) is 0 Å². The lowest BCUT2D eigenvalue weighted by Crippen LogP contribution is -2.23. The number of amides is 2. The highest BCUT2D eigenvalue weighted by atomic mass is 32.1. The molecule has 0 atom stereocenters. The van der Waals surface area contributed by atoms with E-state index < -0.39 is 24.4 Å². The van der Waals surface area contributed by atoms with Crippen LogP contribution < -0.4 is 11.1 Å². The summed E-state index contributed by atoms with van der Waals surface area (Å²) in [6.45, 7) is -0.532. The molecule has 3 N–H and O–H groups in total. The summed E-state index contributed by atoms with van der Waals surface area (Å²) in [7, 11) is 0. The van der Waals surface area contributed by atoms with Crippen LogP contribution in [0.2, 0.25) is 0 Å². The van der Waals surface area contributed by atoms with E-state index in [0.717, 1.165) is 16.9 Å². The zero-order valence-electron chi connectivity index (χ0n) is 16.7. The number of thiophene rings is 1. The minimum Gasteiger partial charge on any atom is -0.451 e. The lowest BCUT2D eigenvalue weighted by molar-refractivity contribution is -0.119. The average molecular weight is 446 g/mol. The molecule has 4 aromatic rings. The Morgan fingerprint density at radius 2 is 1.69 bits per heavy atom. The Bertz CT molecular complexity index is 1270. The van der Waals surface area contributed by atoms with Crippen molar-refractivity contribution in [1.29, 1.82) is 0 Å². The van der Waals surface area contributed by atoms with E-state index in [1.54, 1.807) is 11.4 Å². The Hall–Kier alpha value is -4.24. The fraction of sp³-hybridized carbons (Fsp3) is 0.0435. The van der Waals surface area contributed by atoms with Crippen LogP contribution in [0.15, 0.2) is 78.2 Å². The molecule has 0 bridgehead atoms. The van der Waals surface area contributed by atoms with Crippen molar-refractivity contribution in [2.75, 3.05) is 11.9 Å². The molecule has 4 rings (SSSR count). The molecular weight excluding hydrogens is 428 g/mol. The molecular formula is C23H18N4O4S. The third kappa shape index (κ3) is 4.57. The smallest absolute Gasteiger partial charge is 0.357 e. The molecule has 2 amide bonds. The van der Waals surface area contributed by atoms with Gasteiger partial charge in [-0.15, -0.1) is 11.3 Å². The quantitative estimate of drug-likeness (QED) is 0.422. The number of anilines is 1. The summed E-state index contributed by atoms with van der Waals surface area (Å²) >= 11 is 1.15. The van der Waals surface area contributed by atoms with Crippen LogP contribution in [-0.2, 0) is 9.53 Å². The SMILES string of the molecule is NC(=O)c1ccsc1NC(=O)COC(=O)c1cc(-c2ccccc2)nn1-c1ccccc1. The second-order valence-electron chi connectivity index (χ2n) is 6.68. The summed E-state index contributed by atoms with van der Waals surface area (Å²) in [5, 5.41) is 9.03. The van der Waals surface area contributed by atoms with Gasteiger partial charge in [-0.25, -0.2) is 9.48 Å². The predicted octanol–water partition coefficient (Wildman–Crippen LogP) is 3.50. The van der Waals surface area contributed by atoms with Gasteiger partial charge in [0.1, 0.15) is 5.00 Å². The van der Waals surface area contributed by atoms with Crippen molar-refractivity contribution in [2.24, 2.45) is 5.73 Å². The van der Waals surface area contributed by atoms with Crippen LogP contribution in [0.25, 0.3) is 16.9 Å². The first-order chi connectivity index (χ1) is 15.5. The van der Waals surface area contributed by atoms with E-state index in [2.05, 4.69) is 10.4 Å². The Morgan fingerprint density at radius 3 is 2.38 bits per heavy atom. The molecule has 2 heterocycles. The van der Waals surface area contributed by atoms with E-state index in [9.17, 15) is 14.4 Å². The van der Waals surface area contributed by atoms with Gasteiger partial charge in [0.15, 0.2) is 12.3 Å². The minimum absolute atomic E-state index is 0.178. The second-order valence-corrected chi connectivity index (χ2v) is 7.60. The number of nitrogens with zero attached hydrogens (tertiary/aromatic N) is 2. The van der Waals surface area contributed by atoms with Gasteiger partial charge >= 0.3 is 5.97 Å². The zero-order valence-corrected chi connectivity index (χ0v) is 17.5. The summed E-state index contributed by atoms with van der Waals surface area (Å²) in [6.07, 6.45) is 0. The van der Waals surface area contributed by atoms with Crippen molar-refractivity contribution in [2.45, 2.75) is 0 Å². The number of nitrogens with two attached hydrogens (primary N) is 1.